The van der Waals surface area contributed by atoms with Crippen LogP contribution in [0.4, 0.5) is 0 Å². The molecule has 0 unspecified atom stereocenters. The van der Waals surface area contributed by atoms with Crippen molar-refractivity contribution >= 4 is 20.9 Å². The molecule has 2 rings (SSSR count). The van der Waals surface area contributed by atoms with Gasteiger partial charge in [0.2, 0.25) is 0 Å². The van der Waals surface area contributed by atoms with E-state index in [9.17, 15) is 13.0 Å². The molecule has 0 saturated carbocycles. The van der Waals surface area contributed by atoms with Crippen LogP contribution in [0.1, 0.15) is 16.7 Å². The number of aryl methyl sites for hydroxylation is 3. The molecule has 3 nitrogen and oxygen atoms in total. The molecule has 2 aromatic rings. The average Bonchev–Trinajstić information content (AvgIpc) is 2.13. The van der Waals surface area contributed by atoms with E-state index in [0.717, 1.165) is 22.1 Å². The highest BCUT2D eigenvalue weighted by atomic mass is 32.2. The highest BCUT2D eigenvalue weighted by molar-refractivity contribution is 7.86. The van der Waals surface area contributed by atoms with E-state index in [4.69, 9.17) is 0 Å². The first kappa shape index (κ1) is 12.1. The molecule has 0 fully saturated rings. The molecule has 90 valence electrons. The Bertz CT molecular complexity index is 695. The Morgan fingerprint density at radius 2 is 1.47 bits per heavy atom. The molecule has 0 amide bonds. The van der Waals surface area contributed by atoms with Gasteiger partial charge in [-0.2, -0.15) is 8.42 Å². The second-order valence-corrected chi connectivity index (χ2v) is 5.81. The summed E-state index contributed by atoms with van der Waals surface area (Å²) in [4.78, 5) is -0.00926. The van der Waals surface area contributed by atoms with Crippen LogP contribution < -0.4 is 0 Å². The van der Waals surface area contributed by atoms with Crippen LogP contribution in [-0.4, -0.2) is 13.0 Å². The lowest BCUT2D eigenvalue weighted by Crippen LogP contribution is -2.01. The lowest BCUT2D eigenvalue weighted by atomic mass is 10.0. The first-order valence-corrected chi connectivity index (χ1v) is 6.72. The number of rotatable bonds is 1. The van der Waals surface area contributed by atoms with E-state index in [2.05, 4.69) is 0 Å². The van der Waals surface area contributed by atoms with E-state index in [1.807, 2.05) is 39.0 Å². The highest BCUT2D eigenvalue weighted by Crippen LogP contribution is 2.28. The largest absolute Gasteiger partial charge is 0.295 e. The summed E-state index contributed by atoms with van der Waals surface area (Å²) in [6, 6.07) is 7.25. The Kier molecular flexibility index (Phi) is 2.72. The van der Waals surface area contributed by atoms with Gasteiger partial charge < -0.3 is 0 Å². The smallest absolute Gasteiger partial charge is 0.282 e. The molecular weight excluding hydrogens is 236 g/mol. The van der Waals surface area contributed by atoms with Crippen molar-refractivity contribution in [1.29, 1.82) is 0 Å². The molecule has 0 spiro atoms. The maximum Gasteiger partial charge on any atom is 0.295 e. The van der Waals surface area contributed by atoms with Crippen LogP contribution in [-0.2, 0) is 10.1 Å². The lowest BCUT2D eigenvalue weighted by molar-refractivity contribution is 0.484. The van der Waals surface area contributed by atoms with Crippen molar-refractivity contribution in [3.63, 3.8) is 0 Å². The lowest BCUT2D eigenvalue weighted by Gasteiger charge is -2.10. The maximum atomic E-state index is 11.4. The normalized spacial score (nSPS) is 12.0. The van der Waals surface area contributed by atoms with Gasteiger partial charge in [-0.1, -0.05) is 23.8 Å². The van der Waals surface area contributed by atoms with Gasteiger partial charge in [-0.05, 0) is 43.4 Å². The quantitative estimate of drug-likeness (QED) is 0.791. The summed E-state index contributed by atoms with van der Waals surface area (Å²) < 4.78 is 32.1. The second-order valence-electron chi connectivity index (χ2n) is 4.42. The summed E-state index contributed by atoms with van der Waals surface area (Å²) in [5.41, 5.74) is 2.74. The molecule has 4 heteroatoms. The van der Waals surface area contributed by atoms with Gasteiger partial charge in [-0.15, -0.1) is 0 Å². The average molecular weight is 250 g/mol. The van der Waals surface area contributed by atoms with Gasteiger partial charge in [0.25, 0.3) is 10.1 Å². The van der Waals surface area contributed by atoms with Crippen molar-refractivity contribution in [3.8, 4) is 0 Å². The predicted molar refractivity (Wildman–Crippen MR) is 68.0 cm³/mol. The Morgan fingerprint density at radius 3 is 2.00 bits per heavy atom. The van der Waals surface area contributed by atoms with Crippen LogP contribution in [0.5, 0.6) is 0 Å². The Hall–Kier alpha value is -1.39. The van der Waals surface area contributed by atoms with Gasteiger partial charge in [0.05, 0.1) is 0 Å². The summed E-state index contributed by atoms with van der Waals surface area (Å²) >= 11 is 0. The van der Waals surface area contributed by atoms with Crippen molar-refractivity contribution in [2.45, 2.75) is 25.7 Å². The minimum absolute atomic E-state index is 0.00926. The summed E-state index contributed by atoms with van der Waals surface area (Å²) in [5, 5.41) is 1.44. The zero-order valence-corrected chi connectivity index (χ0v) is 10.8. The molecule has 1 N–H and O–H groups in total. The fourth-order valence-corrected chi connectivity index (χ4v) is 3.09. The van der Waals surface area contributed by atoms with E-state index in [1.54, 1.807) is 0 Å². The summed E-state index contributed by atoms with van der Waals surface area (Å²) in [5.74, 6) is 0. The Balaban J connectivity index is 3.04. The SMILES string of the molecule is Cc1cc(C)c2c(S(=O)(=O)O)cc(C)cc2c1. The molecule has 0 saturated heterocycles. The molecule has 0 aliphatic heterocycles. The van der Waals surface area contributed by atoms with Gasteiger partial charge in [-0.25, -0.2) is 0 Å². The van der Waals surface area contributed by atoms with Crippen LogP contribution in [0.15, 0.2) is 29.2 Å². The minimum Gasteiger partial charge on any atom is -0.282 e. The summed E-state index contributed by atoms with van der Waals surface area (Å²) in [6.45, 7) is 5.62. The number of benzene rings is 2. The van der Waals surface area contributed by atoms with Crippen LogP contribution >= 0.6 is 0 Å². The first-order chi connectivity index (χ1) is 7.79. The van der Waals surface area contributed by atoms with Gasteiger partial charge >= 0.3 is 0 Å². The zero-order chi connectivity index (χ0) is 12.8. The van der Waals surface area contributed by atoms with Crippen molar-refractivity contribution in [3.05, 3.63) is 41.0 Å². The number of fused-ring (bicyclic) bond motifs is 1. The maximum absolute atomic E-state index is 11.4. The van der Waals surface area contributed by atoms with Crippen LogP contribution in [0.3, 0.4) is 0 Å². The van der Waals surface area contributed by atoms with Crippen LogP contribution in [0.25, 0.3) is 10.8 Å². The first-order valence-electron chi connectivity index (χ1n) is 5.28. The van der Waals surface area contributed by atoms with Crippen LogP contribution in [0, 0.1) is 20.8 Å². The molecule has 2 aromatic carbocycles. The Labute approximate surface area is 101 Å². The van der Waals surface area contributed by atoms with E-state index in [1.165, 1.54) is 6.07 Å². The highest BCUT2D eigenvalue weighted by Gasteiger charge is 2.16. The third kappa shape index (κ3) is 2.18. The van der Waals surface area contributed by atoms with E-state index in [-0.39, 0.29) is 4.90 Å². The van der Waals surface area contributed by atoms with Crippen LogP contribution in [0.2, 0.25) is 0 Å². The molecule has 0 aliphatic rings. The zero-order valence-electron chi connectivity index (χ0n) is 9.98. The number of hydrogen-bond donors (Lipinski definition) is 1. The number of hydrogen-bond acceptors (Lipinski definition) is 2. The molecule has 0 aliphatic carbocycles. The molecule has 0 heterocycles. The fraction of sp³-hybridized carbons (Fsp3) is 0.231. The minimum atomic E-state index is -4.19. The molecule has 0 aromatic heterocycles. The topological polar surface area (TPSA) is 54.4 Å². The standard InChI is InChI=1S/C13H14O3S/c1-8-4-10(3)13-11(5-8)6-9(2)7-12(13)17(14,15)16/h4-7H,1-3H3,(H,14,15,16). The van der Waals surface area contributed by atoms with E-state index >= 15 is 0 Å². The third-order valence-electron chi connectivity index (χ3n) is 2.78. The fourth-order valence-electron chi connectivity index (χ4n) is 2.22. The molecular formula is C13H14O3S. The van der Waals surface area contributed by atoms with Gasteiger partial charge in [0.15, 0.2) is 0 Å². The van der Waals surface area contributed by atoms with Gasteiger partial charge in [0.1, 0.15) is 4.90 Å². The molecule has 17 heavy (non-hydrogen) atoms. The van der Waals surface area contributed by atoms with Gasteiger partial charge in [-0.3, -0.25) is 4.55 Å². The molecule has 0 bridgehead atoms. The van der Waals surface area contributed by atoms with E-state index < -0.39 is 10.1 Å². The molecule has 0 atom stereocenters. The third-order valence-corrected chi connectivity index (χ3v) is 3.65. The predicted octanol–water partition coefficient (Wildman–Crippen LogP) is 3.01. The second kappa shape index (κ2) is 3.82. The van der Waals surface area contributed by atoms with Gasteiger partial charge in [0, 0.05) is 5.39 Å². The van der Waals surface area contributed by atoms with Crippen molar-refractivity contribution < 1.29 is 13.0 Å². The van der Waals surface area contributed by atoms with Crippen molar-refractivity contribution in [2.75, 3.05) is 0 Å². The van der Waals surface area contributed by atoms with E-state index in [0.29, 0.717) is 5.39 Å². The summed E-state index contributed by atoms with van der Waals surface area (Å²) in [6.07, 6.45) is 0. The Morgan fingerprint density at radius 1 is 0.941 bits per heavy atom. The monoisotopic (exact) mass is 250 g/mol. The molecule has 0 radical (unpaired) electrons. The van der Waals surface area contributed by atoms with Crippen molar-refractivity contribution in [1.82, 2.24) is 0 Å². The van der Waals surface area contributed by atoms with Crippen molar-refractivity contribution in [2.24, 2.45) is 0 Å². The summed E-state index contributed by atoms with van der Waals surface area (Å²) in [7, 11) is -4.19.